The van der Waals surface area contributed by atoms with E-state index in [0.29, 0.717) is 22.6 Å². The molecule has 0 aliphatic carbocycles. The largest absolute Gasteiger partial charge is 0.486 e. The summed E-state index contributed by atoms with van der Waals surface area (Å²) in [5.74, 6) is 0.156. The van der Waals surface area contributed by atoms with Crippen LogP contribution in [0.3, 0.4) is 0 Å². The molecule has 0 unspecified atom stereocenters. The third kappa shape index (κ3) is 3.20. The van der Waals surface area contributed by atoms with Crippen molar-refractivity contribution in [2.75, 3.05) is 6.61 Å². The van der Waals surface area contributed by atoms with Crippen molar-refractivity contribution in [2.45, 2.75) is 20.4 Å². The Balaban J connectivity index is 1.73. The highest BCUT2D eigenvalue weighted by Gasteiger charge is 2.26. The van der Waals surface area contributed by atoms with Gasteiger partial charge >= 0.3 is 5.97 Å². The molecule has 4 aromatic rings. The maximum Gasteiger partial charge on any atom is 0.331 e. The number of hydrogen-bond acceptors (Lipinski definition) is 5. The lowest BCUT2D eigenvalue weighted by molar-refractivity contribution is -0.140. The van der Waals surface area contributed by atoms with Gasteiger partial charge in [0.1, 0.15) is 18.1 Å². The number of carbonyl (C=O) groups is 2. The van der Waals surface area contributed by atoms with E-state index in [9.17, 15) is 9.59 Å². The van der Waals surface area contributed by atoms with E-state index in [-0.39, 0.29) is 12.4 Å². The number of ketones is 1. The van der Waals surface area contributed by atoms with Crippen LogP contribution >= 0.6 is 15.9 Å². The van der Waals surface area contributed by atoms with Gasteiger partial charge in [-0.25, -0.2) is 4.79 Å². The molecular formula is C25H19BrN2O4. The number of aryl methyl sites for hydroxylation is 1. The van der Waals surface area contributed by atoms with Crippen LogP contribution in [0.15, 0.2) is 64.2 Å². The molecule has 7 heteroatoms. The summed E-state index contributed by atoms with van der Waals surface area (Å²) in [6.45, 7) is 4.38. The first-order valence-electron chi connectivity index (χ1n) is 10.3. The fourth-order valence-corrected chi connectivity index (χ4v) is 4.70. The minimum Gasteiger partial charge on any atom is -0.486 e. The maximum atomic E-state index is 13.2. The Morgan fingerprint density at radius 3 is 2.66 bits per heavy atom. The number of halogens is 1. The molecule has 0 bridgehead atoms. The van der Waals surface area contributed by atoms with Crippen molar-refractivity contribution in [2.24, 2.45) is 5.16 Å². The zero-order valence-electron chi connectivity index (χ0n) is 17.5. The van der Waals surface area contributed by atoms with Crippen molar-refractivity contribution >= 4 is 55.2 Å². The Morgan fingerprint density at radius 2 is 1.91 bits per heavy atom. The standard InChI is InChI=1S/C25H19BrN2O4/c1-3-28-21-10-8-15(24(30)16-6-4-5-7-19(16)26)12-18(21)23-22(28)11-9-17-20(13-31-25(17)23)27-32-14(2)29/h4-12H,3,13H2,1-2H3/b27-20+. The molecule has 1 aliphatic heterocycles. The van der Waals surface area contributed by atoms with Crippen molar-refractivity contribution in [3.05, 3.63) is 75.8 Å². The zero-order valence-corrected chi connectivity index (χ0v) is 19.1. The summed E-state index contributed by atoms with van der Waals surface area (Å²) in [5, 5.41) is 5.81. The molecule has 160 valence electrons. The van der Waals surface area contributed by atoms with Crippen molar-refractivity contribution < 1.29 is 19.2 Å². The molecule has 0 saturated heterocycles. The number of ether oxygens (including phenoxy) is 1. The first kappa shape index (κ1) is 20.5. The molecule has 2 heterocycles. The lowest BCUT2D eigenvalue weighted by Gasteiger charge is -2.05. The molecule has 0 amide bonds. The molecule has 3 aromatic carbocycles. The second-order valence-electron chi connectivity index (χ2n) is 7.53. The lowest BCUT2D eigenvalue weighted by Crippen LogP contribution is -2.05. The van der Waals surface area contributed by atoms with Crippen LogP contribution in [0, 0.1) is 0 Å². The van der Waals surface area contributed by atoms with E-state index in [4.69, 9.17) is 9.57 Å². The fourth-order valence-electron chi connectivity index (χ4n) is 4.23. The number of carbonyl (C=O) groups excluding carboxylic acids is 2. The summed E-state index contributed by atoms with van der Waals surface area (Å²) < 4.78 is 8.96. The first-order valence-corrected chi connectivity index (χ1v) is 11.0. The van der Waals surface area contributed by atoms with E-state index >= 15 is 0 Å². The highest BCUT2D eigenvalue weighted by atomic mass is 79.9. The Bertz CT molecular complexity index is 1450. The van der Waals surface area contributed by atoms with Gasteiger partial charge in [-0.2, -0.15) is 0 Å². The zero-order chi connectivity index (χ0) is 22.4. The predicted molar refractivity (Wildman–Crippen MR) is 126 cm³/mol. The molecule has 0 fully saturated rings. The van der Waals surface area contributed by atoms with Crippen molar-refractivity contribution in [1.82, 2.24) is 4.57 Å². The Hall–Kier alpha value is -3.45. The molecule has 0 spiro atoms. The van der Waals surface area contributed by atoms with Gasteiger partial charge < -0.3 is 14.1 Å². The first-order chi connectivity index (χ1) is 15.5. The minimum absolute atomic E-state index is 0.0534. The monoisotopic (exact) mass is 490 g/mol. The molecule has 32 heavy (non-hydrogen) atoms. The van der Waals surface area contributed by atoms with Crippen molar-refractivity contribution in [3.63, 3.8) is 0 Å². The SMILES string of the molecule is CCn1c2ccc(C(=O)c3ccccc3Br)cc2c2c3c(ccc21)/C(=N/OC(C)=O)CO3. The fraction of sp³-hybridized carbons (Fsp3) is 0.160. The minimum atomic E-state index is -0.482. The number of nitrogens with zero attached hydrogens (tertiary/aromatic N) is 2. The lowest BCUT2D eigenvalue weighted by atomic mass is 10.00. The summed E-state index contributed by atoms with van der Waals surface area (Å²) in [6, 6.07) is 17.1. The van der Waals surface area contributed by atoms with Crippen LogP contribution < -0.4 is 4.74 Å². The quantitative estimate of drug-likeness (QED) is 0.216. The van der Waals surface area contributed by atoms with Crippen LogP contribution in [0.4, 0.5) is 0 Å². The number of fused-ring (bicyclic) bond motifs is 5. The summed E-state index contributed by atoms with van der Waals surface area (Å²) >= 11 is 3.48. The summed E-state index contributed by atoms with van der Waals surface area (Å²) in [6.07, 6.45) is 0. The molecule has 6 nitrogen and oxygen atoms in total. The smallest absolute Gasteiger partial charge is 0.331 e. The van der Waals surface area contributed by atoms with Gasteiger partial charge in [0.25, 0.3) is 0 Å². The van der Waals surface area contributed by atoms with Crippen LogP contribution in [0.25, 0.3) is 21.8 Å². The third-order valence-corrected chi connectivity index (χ3v) is 6.32. The number of hydrogen-bond donors (Lipinski definition) is 0. The molecule has 0 radical (unpaired) electrons. The molecule has 1 aliphatic rings. The van der Waals surface area contributed by atoms with Crippen molar-refractivity contribution in [3.8, 4) is 5.75 Å². The highest BCUT2D eigenvalue weighted by molar-refractivity contribution is 9.10. The molecule has 0 atom stereocenters. The predicted octanol–water partition coefficient (Wildman–Crippen LogP) is 5.47. The Kier molecular flexibility index (Phi) is 5.06. The van der Waals surface area contributed by atoms with Gasteiger partial charge in [-0.3, -0.25) is 4.79 Å². The van der Waals surface area contributed by atoms with Crippen LogP contribution in [0.5, 0.6) is 5.75 Å². The van der Waals surface area contributed by atoms with Gasteiger partial charge in [0.2, 0.25) is 0 Å². The number of rotatable bonds is 4. The summed E-state index contributed by atoms with van der Waals surface area (Å²) in [4.78, 5) is 29.2. The van der Waals surface area contributed by atoms with E-state index in [1.54, 1.807) is 0 Å². The molecular weight excluding hydrogens is 472 g/mol. The van der Waals surface area contributed by atoms with Crippen LogP contribution in [0.2, 0.25) is 0 Å². The van der Waals surface area contributed by atoms with Gasteiger partial charge in [0.05, 0.1) is 10.9 Å². The van der Waals surface area contributed by atoms with Gasteiger partial charge in [0, 0.05) is 45.5 Å². The third-order valence-electron chi connectivity index (χ3n) is 5.63. The number of aromatic nitrogens is 1. The van der Waals surface area contributed by atoms with Gasteiger partial charge in [-0.15, -0.1) is 0 Å². The second-order valence-corrected chi connectivity index (χ2v) is 8.39. The van der Waals surface area contributed by atoms with Gasteiger partial charge in [-0.05, 0) is 49.4 Å². The molecule has 5 rings (SSSR count). The average molecular weight is 491 g/mol. The number of oxime groups is 1. The van der Waals surface area contributed by atoms with Crippen LogP contribution in [-0.4, -0.2) is 28.6 Å². The summed E-state index contributed by atoms with van der Waals surface area (Å²) in [7, 11) is 0. The van der Waals surface area contributed by atoms with E-state index in [1.807, 2.05) is 54.6 Å². The maximum absolute atomic E-state index is 13.2. The van der Waals surface area contributed by atoms with E-state index in [1.165, 1.54) is 6.92 Å². The van der Waals surface area contributed by atoms with Gasteiger partial charge in [0.15, 0.2) is 5.78 Å². The average Bonchev–Trinajstić information content (AvgIpc) is 3.35. The van der Waals surface area contributed by atoms with E-state index in [2.05, 4.69) is 32.6 Å². The van der Waals surface area contributed by atoms with E-state index in [0.717, 1.165) is 38.4 Å². The molecule has 1 aromatic heterocycles. The Morgan fingerprint density at radius 1 is 1.12 bits per heavy atom. The Labute approximate surface area is 192 Å². The van der Waals surface area contributed by atoms with Crippen molar-refractivity contribution in [1.29, 1.82) is 0 Å². The van der Waals surface area contributed by atoms with Crippen LogP contribution in [0.1, 0.15) is 35.3 Å². The second kappa shape index (κ2) is 7.91. The van der Waals surface area contributed by atoms with E-state index < -0.39 is 5.97 Å². The molecule has 0 saturated carbocycles. The topological polar surface area (TPSA) is 69.9 Å². The number of benzene rings is 3. The molecule has 0 N–H and O–H groups in total. The highest BCUT2D eigenvalue weighted by Crippen LogP contribution is 2.41. The normalized spacial score (nSPS) is 14.0. The van der Waals surface area contributed by atoms with Crippen LogP contribution in [-0.2, 0) is 16.2 Å². The van der Waals surface area contributed by atoms with Gasteiger partial charge in [-0.1, -0.05) is 33.2 Å². The summed E-state index contributed by atoms with van der Waals surface area (Å²) in [5.41, 5.74) is 4.60.